The first-order chi connectivity index (χ1) is 9.28. The van der Waals surface area contributed by atoms with Gasteiger partial charge in [-0.25, -0.2) is 0 Å². The molecule has 3 aromatic rings. The molecule has 0 fully saturated rings. The molecular weight excluding hydrogens is 236 g/mol. The molecule has 0 spiro atoms. The van der Waals surface area contributed by atoms with Crippen LogP contribution in [-0.2, 0) is 6.42 Å². The monoisotopic (exact) mass is 250 g/mol. The fourth-order valence-corrected chi connectivity index (χ4v) is 2.21. The average Bonchev–Trinajstić information content (AvgIpc) is 2.46. The van der Waals surface area contributed by atoms with Crippen molar-refractivity contribution in [3.05, 3.63) is 64.6 Å². The van der Waals surface area contributed by atoms with Gasteiger partial charge in [-0.1, -0.05) is 31.2 Å². The minimum Gasteiger partial charge on any atom is -0.322 e. The number of rotatable bonds is 2. The van der Waals surface area contributed by atoms with E-state index in [9.17, 15) is 4.79 Å². The third kappa shape index (κ3) is 2.15. The zero-order chi connectivity index (χ0) is 13.2. The Morgan fingerprint density at radius 3 is 2.58 bits per heavy atom. The molecule has 0 aliphatic rings. The first kappa shape index (κ1) is 11.7. The predicted molar refractivity (Wildman–Crippen MR) is 77.2 cm³/mol. The summed E-state index contributed by atoms with van der Waals surface area (Å²) in [6.45, 7) is 2.13. The number of pyridine rings is 2. The van der Waals surface area contributed by atoms with E-state index in [1.54, 1.807) is 6.20 Å². The summed E-state index contributed by atoms with van der Waals surface area (Å²) in [7, 11) is 0. The summed E-state index contributed by atoms with van der Waals surface area (Å²) in [5.74, 6) is 0. The zero-order valence-corrected chi connectivity index (χ0v) is 10.7. The van der Waals surface area contributed by atoms with Gasteiger partial charge in [-0.15, -0.1) is 0 Å². The second-order valence-corrected chi connectivity index (χ2v) is 4.49. The molecule has 2 aromatic heterocycles. The highest BCUT2D eigenvalue weighted by atomic mass is 16.1. The molecule has 1 aromatic carbocycles. The molecule has 3 heteroatoms. The van der Waals surface area contributed by atoms with Crippen LogP contribution in [0, 0.1) is 0 Å². The van der Waals surface area contributed by atoms with Gasteiger partial charge in [-0.2, -0.15) is 0 Å². The van der Waals surface area contributed by atoms with E-state index in [2.05, 4.69) is 41.2 Å². The molecule has 0 aliphatic heterocycles. The molecule has 0 bridgehead atoms. The maximum atomic E-state index is 11.3. The van der Waals surface area contributed by atoms with Crippen molar-refractivity contribution >= 4 is 10.9 Å². The first-order valence-corrected chi connectivity index (χ1v) is 6.35. The van der Waals surface area contributed by atoms with Crippen LogP contribution in [0.3, 0.4) is 0 Å². The van der Waals surface area contributed by atoms with Crippen LogP contribution < -0.4 is 5.56 Å². The lowest BCUT2D eigenvalue weighted by atomic mass is 10.0. The van der Waals surface area contributed by atoms with Crippen LogP contribution in [0.5, 0.6) is 0 Å². The number of nitrogens with one attached hydrogen (secondary N) is 1. The second-order valence-electron chi connectivity index (χ2n) is 4.49. The Bertz CT molecular complexity index is 773. The molecule has 0 unspecified atom stereocenters. The van der Waals surface area contributed by atoms with E-state index < -0.39 is 0 Å². The average molecular weight is 250 g/mol. The van der Waals surface area contributed by atoms with E-state index in [1.807, 2.05) is 12.1 Å². The van der Waals surface area contributed by atoms with E-state index in [4.69, 9.17) is 0 Å². The van der Waals surface area contributed by atoms with Gasteiger partial charge in [-0.3, -0.25) is 9.78 Å². The second kappa shape index (κ2) is 4.69. The minimum atomic E-state index is -0.0917. The molecule has 19 heavy (non-hydrogen) atoms. The molecule has 3 nitrogen and oxygen atoms in total. The zero-order valence-electron chi connectivity index (χ0n) is 10.7. The van der Waals surface area contributed by atoms with Crippen LogP contribution >= 0.6 is 0 Å². The molecule has 2 heterocycles. The number of aryl methyl sites for hydroxylation is 1. The summed E-state index contributed by atoms with van der Waals surface area (Å²) >= 11 is 0. The molecule has 0 aliphatic carbocycles. The van der Waals surface area contributed by atoms with Gasteiger partial charge in [0.05, 0.1) is 11.2 Å². The number of hydrogen-bond acceptors (Lipinski definition) is 2. The lowest BCUT2D eigenvalue weighted by Gasteiger charge is -2.06. The Kier molecular flexibility index (Phi) is 2.88. The standard InChI is InChI=1S/C16H14N2O/c1-2-11-3-5-12(6-4-11)16-13-7-8-15(19)18-14(13)9-10-17-16/h3-10H,2H2,1H3,(H,18,19). The molecular formula is C16H14N2O. The maximum Gasteiger partial charge on any atom is 0.248 e. The lowest BCUT2D eigenvalue weighted by molar-refractivity contribution is 1.14. The number of H-pyrrole nitrogens is 1. The van der Waals surface area contributed by atoms with Crippen molar-refractivity contribution in [3.8, 4) is 11.3 Å². The molecule has 1 N–H and O–H groups in total. The van der Waals surface area contributed by atoms with E-state index in [0.717, 1.165) is 28.6 Å². The van der Waals surface area contributed by atoms with Crippen LogP contribution in [0.1, 0.15) is 12.5 Å². The summed E-state index contributed by atoms with van der Waals surface area (Å²) in [6.07, 6.45) is 2.75. The Balaban J connectivity index is 2.21. The fourth-order valence-electron chi connectivity index (χ4n) is 2.21. The summed E-state index contributed by atoms with van der Waals surface area (Å²) in [4.78, 5) is 18.6. The fraction of sp³-hybridized carbons (Fsp3) is 0.125. The van der Waals surface area contributed by atoms with Gasteiger partial charge >= 0.3 is 0 Å². The minimum absolute atomic E-state index is 0.0917. The molecule has 0 atom stereocenters. The van der Waals surface area contributed by atoms with Gasteiger partial charge in [0.25, 0.3) is 0 Å². The summed E-state index contributed by atoms with van der Waals surface area (Å²) in [6, 6.07) is 13.6. The largest absolute Gasteiger partial charge is 0.322 e. The summed E-state index contributed by atoms with van der Waals surface area (Å²) in [5, 5.41) is 0.964. The highest BCUT2D eigenvalue weighted by molar-refractivity contribution is 5.91. The summed E-state index contributed by atoms with van der Waals surface area (Å²) in [5.41, 5.74) is 3.99. The molecule has 0 radical (unpaired) electrons. The van der Waals surface area contributed by atoms with Crippen LogP contribution in [0.4, 0.5) is 0 Å². The molecule has 0 saturated carbocycles. The first-order valence-electron chi connectivity index (χ1n) is 6.35. The van der Waals surface area contributed by atoms with E-state index in [1.165, 1.54) is 11.6 Å². The Hall–Kier alpha value is -2.42. The lowest BCUT2D eigenvalue weighted by Crippen LogP contribution is -2.03. The van der Waals surface area contributed by atoms with Gasteiger partial charge < -0.3 is 4.98 Å². The van der Waals surface area contributed by atoms with Crippen LogP contribution in [-0.4, -0.2) is 9.97 Å². The van der Waals surface area contributed by atoms with Crippen molar-refractivity contribution in [2.75, 3.05) is 0 Å². The molecule has 0 saturated heterocycles. The molecule has 0 amide bonds. The maximum absolute atomic E-state index is 11.3. The van der Waals surface area contributed by atoms with E-state index in [-0.39, 0.29) is 5.56 Å². The van der Waals surface area contributed by atoms with E-state index in [0.29, 0.717) is 0 Å². The quantitative estimate of drug-likeness (QED) is 0.759. The van der Waals surface area contributed by atoms with Gasteiger partial charge in [0.1, 0.15) is 0 Å². The van der Waals surface area contributed by atoms with Crippen LogP contribution in [0.15, 0.2) is 53.5 Å². The van der Waals surface area contributed by atoms with Crippen molar-refractivity contribution in [2.24, 2.45) is 0 Å². The van der Waals surface area contributed by atoms with Crippen molar-refractivity contribution in [3.63, 3.8) is 0 Å². The van der Waals surface area contributed by atoms with Crippen molar-refractivity contribution in [1.82, 2.24) is 9.97 Å². The molecule has 3 rings (SSSR count). The van der Waals surface area contributed by atoms with E-state index >= 15 is 0 Å². The Labute approximate surface area is 111 Å². The number of hydrogen-bond donors (Lipinski definition) is 1. The topological polar surface area (TPSA) is 45.8 Å². The Morgan fingerprint density at radius 1 is 1.05 bits per heavy atom. The highest BCUT2D eigenvalue weighted by Crippen LogP contribution is 2.24. The van der Waals surface area contributed by atoms with Crippen molar-refractivity contribution in [2.45, 2.75) is 13.3 Å². The third-order valence-corrected chi connectivity index (χ3v) is 3.28. The molecule has 94 valence electrons. The van der Waals surface area contributed by atoms with Crippen molar-refractivity contribution < 1.29 is 0 Å². The van der Waals surface area contributed by atoms with Gasteiger partial charge in [0.2, 0.25) is 5.56 Å². The third-order valence-electron chi connectivity index (χ3n) is 3.28. The van der Waals surface area contributed by atoms with Gasteiger partial charge in [0.15, 0.2) is 0 Å². The number of benzene rings is 1. The number of aromatic amines is 1. The Morgan fingerprint density at radius 2 is 1.84 bits per heavy atom. The number of aromatic nitrogens is 2. The normalized spacial score (nSPS) is 10.8. The number of nitrogens with zero attached hydrogens (tertiary/aromatic N) is 1. The number of fused-ring (bicyclic) bond motifs is 1. The van der Waals surface area contributed by atoms with Crippen LogP contribution in [0.25, 0.3) is 22.2 Å². The highest BCUT2D eigenvalue weighted by Gasteiger charge is 2.05. The van der Waals surface area contributed by atoms with Gasteiger partial charge in [0, 0.05) is 23.2 Å². The van der Waals surface area contributed by atoms with Gasteiger partial charge in [-0.05, 0) is 24.1 Å². The smallest absolute Gasteiger partial charge is 0.248 e. The van der Waals surface area contributed by atoms with Crippen molar-refractivity contribution in [1.29, 1.82) is 0 Å². The predicted octanol–water partition coefficient (Wildman–Crippen LogP) is 3.15. The SMILES string of the molecule is CCc1ccc(-c2nccc3[nH]c(=O)ccc23)cc1. The summed E-state index contributed by atoms with van der Waals surface area (Å²) < 4.78 is 0. The van der Waals surface area contributed by atoms with Crippen LogP contribution in [0.2, 0.25) is 0 Å².